The Morgan fingerprint density at radius 3 is 1.48 bits per heavy atom. The zero-order valence-corrected chi connectivity index (χ0v) is 27.9. The van der Waals surface area contributed by atoms with Gasteiger partial charge < -0.3 is 9.29 Å². The lowest BCUT2D eigenvalue weighted by Crippen LogP contribution is -2.39. The molecule has 0 aliphatic heterocycles. The van der Waals surface area contributed by atoms with Crippen LogP contribution in [0.5, 0.6) is 0 Å². The van der Waals surface area contributed by atoms with Crippen LogP contribution in [0.15, 0.2) is 99.6 Å². The van der Waals surface area contributed by atoms with Gasteiger partial charge in [0, 0.05) is 5.33 Å². The van der Waals surface area contributed by atoms with Crippen LogP contribution < -0.4 is 0 Å². The molecule has 0 spiro atoms. The summed E-state index contributed by atoms with van der Waals surface area (Å²) in [4.78, 5) is 14.5. The van der Waals surface area contributed by atoms with E-state index in [9.17, 15) is 30.9 Å². The number of unbranched alkanes of at least 4 members (excludes halogenated alkanes) is 10. The number of hydrogen-bond acceptors (Lipinski definition) is 5. The van der Waals surface area contributed by atoms with Gasteiger partial charge in [-0.2, -0.15) is 8.78 Å². The van der Waals surface area contributed by atoms with Crippen LogP contribution in [0.4, 0.5) is 13.2 Å². The lowest BCUT2D eigenvalue weighted by Gasteiger charge is -2.17. The maximum Gasteiger partial charge on any atom is 0.428 e. The van der Waals surface area contributed by atoms with Gasteiger partial charge in [-0.15, -0.1) is 0 Å². The van der Waals surface area contributed by atoms with E-state index in [-0.39, 0.29) is 23.3 Å². The van der Waals surface area contributed by atoms with Crippen LogP contribution >= 0.6 is 15.9 Å². The molecule has 0 atom stereocenters. The Kier molecular flexibility index (Phi) is 17.8. The smallest absolute Gasteiger partial charge is 0.428 e. The molecule has 0 bridgehead atoms. The zero-order valence-electron chi connectivity index (χ0n) is 24.6. The molecule has 0 unspecified atom stereocenters. The van der Waals surface area contributed by atoms with Crippen molar-refractivity contribution in [2.45, 2.75) is 90.6 Å². The molecule has 3 aromatic carbocycles. The molecule has 5 nitrogen and oxygen atoms in total. The first-order valence-corrected chi connectivity index (χ1v) is 18.5. The van der Waals surface area contributed by atoms with Crippen LogP contribution in [0.2, 0.25) is 0 Å². The van der Waals surface area contributed by atoms with Crippen LogP contribution in [-0.4, -0.2) is 36.1 Å². The fourth-order valence-electron chi connectivity index (χ4n) is 4.23. The van der Waals surface area contributed by atoms with Crippen molar-refractivity contribution in [2.75, 3.05) is 11.9 Å². The van der Waals surface area contributed by atoms with Gasteiger partial charge in [0.1, 0.15) is 5.82 Å². The second-order valence-corrected chi connectivity index (χ2v) is 14.3. The topological polar surface area (TPSA) is 83.5 Å². The molecule has 44 heavy (non-hydrogen) atoms. The fraction of sp³-hybridized carbons (Fsp3) is 0.424. The Balaban J connectivity index is 0.000000310. The summed E-state index contributed by atoms with van der Waals surface area (Å²) in [6, 6.07) is 27.5. The maximum absolute atomic E-state index is 13.2. The van der Waals surface area contributed by atoms with Gasteiger partial charge in [-0.3, -0.25) is 0 Å². The quantitative estimate of drug-likeness (QED) is 0.0431. The molecule has 0 saturated carbocycles. The third-order valence-electron chi connectivity index (χ3n) is 6.57. The summed E-state index contributed by atoms with van der Waals surface area (Å²) in [5.41, 5.74) is 0. The molecule has 0 radical (unpaired) electrons. The molecular weight excluding hydrogens is 677 g/mol. The van der Waals surface area contributed by atoms with Crippen LogP contribution in [0.25, 0.3) is 0 Å². The van der Waals surface area contributed by atoms with E-state index >= 15 is 0 Å². The molecule has 0 fully saturated rings. The molecule has 3 rings (SSSR count). The van der Waals surface area contributed by atoms with Gasteiger partial charge in [0.2, 0.25) is 0 Å². The summed E-state index contributed by atoms with van der Waals surface area (Å²) in [7, 11) is -6.22. The number of rotatable bonds is 18. The lowest BCUT2D eigenvalue weighted by atomic mass is 10.1. The molecule has 11 heteroatoms. The summed E-state index contributed by atoms with van der Waals surface area (Å²) in [6.07, 6.45) is 11.5. The maximum atomic E-state index is 13.2. The first-order chi connectivity index (χ1) is 21.1. The van der Waals surface area contributed by atoms with E-state index in [1.807, 2.05) is 48.5 Å². The summed E-state index contributed by atoms with van der Waals surface area (Å²) in [6.45, 7) is -0.308. The average Bonchev–Trinajstić information content (AvgIpc) is 3.01. The summed E-state index contributed by atoms with van der Waals surface area (Å²) in [5.74, 6) is -2.49. The minimum atomic E-state index is -6.03. The number of hydrogen-bond donors (Lipinski definition) is 0. The Labute approximate surface area is 270 Å². The number of carbonyl (C=O) groups is 1. The average molecular weight is 718 g/mol. The number of ether oxygens (including phenoxy) is 1. The minimum absolute atomic E-state index is 0.190. The Hall–Kier alpha value is -2.34. The molecule has 0 aliphatic carbocycles. The molecular formula is C33H40BrF3O5S2. The van der Waals surface area contributed by atoms with Crippen molar-refractivity contribution in [2.24, 2.45) is 0 Å². The predicted molar refractivity (Wildman–Crippen MR) is 172 cm³/mol. The number of halogens is 4. The Bertz CT molecular complexity index is 1270. The van der Waals surface area contributed by atoms with Gasteiger partial charge in [-0.1, -0.05) is 110 Å². The molecule has 0 amide bonds. The highest BCUT2D eigenvalue weighted by atomic mass is 79.9. The van der Waals surface area contributed by atoms with Crippen LogP contribution in [-0.2, 0) is 30.5 Å². The molecule has 0 N–H and O–H groups in total. The van der Waals surface area contributed by atoms with E-state index in [4.69, 9.17) is 0 Å². The van der Waals surface area contributed by atoms with Crippen molar-refractivity contribution in [3.8, 4) is 0 Å². The highest BCUT2D eigenvalue weighted by molar-refractivity contribution is 9.09. The van der Waals surface area contributed by atoms with Crippen molar-refractivity contribution in [1.29, 1.82) is 0 Å². The Morgan fingerprint density at radius 1 is 0.682 bits per heavy atom. The summed E-state index contributed by atoms with van der Waals surface area (Å²) in [5, 5.41) is -3.95. The van der Waals surface area contributed by atoms with Crippen molar-refractivity contribution in [3.05, 3.63) is 90.7 Å². The van der Waals surface area contributed by atoms with E-state index in [0.29, 0.717) is 12.8 Å². The number of benzene rings is 3. The normalized spacial score (nSPS) is 11.6. The van der Waals surface area contributed by atoms with Gasteiger partial charge in [0.05, 0.1) is 17.5 Å². The van der Waals surface area contributed by atoms with E-state index in [1.165, 1.54) is 60.4 Å². The SMILES string of the molecule is Fc1ccc([S+](c2ccccc2)c2ccccc2)cc1.O=C(OCCCCCCCCCCCCCBr)C(F)(F)S(=O)(=O)[O-]. The number of esters is 1. The van der Waals surface area contributed by atoms with E-state index in [2.05, 4.69) is 44.9 Å². The van der Waals surface area contributed by atoms with Gasteiger partial charge >= 0.3 is 11.2 Å². The first kappa shape index (κ1) is 37.8. The molecule has 0 aliphatic rings. The number of alkyl halides is 3. The highest BCUT2D eigenvalue weighted by Gasteiger charge is 2.48. The largest absolute Gasteiger partial charge is 0.743 e. The fourth-order valence-corrected chi connectivity index (χ4v) is 6.97. The van der Waals surface area contributed by atoms with Crippen LogP contribution in [0.3, 0.4) is 0 Å². The van der Waals surface area contributed by atoms with Crippen LogP contribution in [0.1, 0.15) is 70.6 Å². The second-order valence-electron chi connectivity index (χ2n) is 10.1. The van der Waals surface area contributed by atoms with Gasteiger partial charge in [0.15, 0.2) is 24.8 Å². The van der Waals surface area contributed by atoms with Crippen LogP contribution in [0, 0.1) is 5.82 Å². The van der Waals surface area contributed by atoms with Crippen molar-refractivity contribution < 1.29 is 35.7 Å². The van der Waals surface area contributed by atoms with Gasteiger partial charge in [0.25, 0.3) is 0 Å². The summed E-state index contributed by atoms with van der Waals surface area (Å²) >= 11 is 3.40. The zero-order chi connectivity index (χ0) is 32.3. The first-order valence-electron chi connectivity index (χ1n) is 14.7. The minimum Gasteiger partial charge on any atom is -0.743 e. The van der Waals surface area contributed by atoms with Gasteiger partial charge in [-0.05, 0) is 61.4 Å². The molecule has 242 valence electrons. The summed E-state index contributed by atoms with van der Waals surface area (Å²) < 4.78 is 73.6. The predicted octanol–water partition coefficient (Wildman–Crippen LogP) is 9.27. The molecule has 0 heterocycles. The van der Waals surface area contributed by atoms with Crippen molar-refractivity contribution in [3.63, 3.8) is 0 Å². The molecule has 0 aromatic heterocycles. The van der Waals surface area contributed by atoms with Gasteiger partial charge in [-0.25, -0.2) is 17.6 Å². The van der Waals surface area contributed by atoms with Crippen molar-refractivity contribution in [1.82, 2.24) is 0 Å². The highest BCUT2D eigenvalue weighted by Crippen LogP contribution is 2.31. The van der Waals surface area contributed by atoms with Crippen molar-refractivity contribution >= 4 is 42.9 Å². The van der Waals surface area contributed by atoms with E-state index in [0.717, 1.165) is 29.5 Å². The molecule has 3 aromatic rings. The second kappa shape index (κ2) is 20.6. The standard InChI is InChI=1S/C18H14FS.C15H27BrF2O5S/c19-15-11-13-18(14-12-15)20(16-7-3-1-4-8-16)17-9-5-2-6-10-17;16-12-10-8-6-4-2-1-3-5-7-9-11-13-23-14(19)15(17,18)24(20,21)22/h1-14H;1-13H2,(H,20,21,22)/q+1;/p-1. The monoisotopic (exact) mass is 716 g/mol. The molecule has 0 saturated heterocycles. The lowest BCUT2D eigenvalue weighted by molar-refractivity contribution is -0.161. The van der Waals surface area contributed by atoms with E-state index < -0.39 is 21.3 Å². The number of carbonyl (C=O) groups excluding carboxylic acids is 1. The third kappa shape index (κ3) is 13.7. The third-order valence-corrected chi connectivity index (χ3v) is 10.2. The Morgan fingerprint density at radius 2 is 1.07 bits per heavy atom. The van der Waals surface area contributed by atoms with E-state index in [1.54, 1.807) is 0 Å².